The maximum Gasteiger partial charge on any atom is 0.224 e. The monoisotopic (exact) mass is 385 g/mol. The van der Waals surface area contributed by atoms with Crippen molar-refractivity contribution in [3.05, 3.63) is 17.0 Å². The first-order chi connectivity index (χ1) is 11.9. The van der Waals surface area contributed by atoms with Crippen LogP contribution >= 0.6 is 11.6 Å². The van der Waals surface area contributed by atoms with Crippen LogP contribution in [-0.4, -0.2) is 49.4 Å². The summed E-state index contributed by atoms with van der Waals surface area (Å²) in [6.45, 7) is 4.05. The zero-order chi connectivity index (χ0) is 17.7. The largest absolute Gasteiger partial charge is 0.377 e. The fourth-order valence-corrected chi connectivity index (χ4v) is 7.01. The summed E-state index contributed by atoms with van der Waals surface area (Å²) in [7, 11) is -3.25. The maximum atomic E-state index is 13.2. The summed E-state index contributed by atoms with van der Waals surface area (Å²) in [4.78, 5) is 10.9. The van der Waals surface area contributed by atoms with E-state index in [1.807, 2.05) is 6.07 Å². The minimum atomic E-state index is -3.25. The van der Waals surface area contributed by atoms with Crippen molar-refractivity contribution in [3.8, 4) is 0 Å². The summed E-state index contributed by atoms with van der Waals surface area (Å²) in [6.07, 6.45) is 4.65. The molecular formula is C17H24ClN3O3S. The average molecular weight is 386 g/mol. The Balaban J connectivity index is 1.78. The van der Waals surface area contributed by atoms with Crippen LogP contribution in [0.25, 0.3) is 0 Å². The summed E-state index contributed by atoms with van der Waals surface area (Å²) >= 11 is 6.23. The van der Waals surface area contributed by atoms with Crippen molar-refractivity contribution in [2.24, 2.45) is 0 Å². The minimum Gasteiger partial charge on any atom is -0.377 e. The Morgan fingerprint density at radius 1 is 1.28 bits per heavy atom. The molecule has 0 aromatic carbocycles. The number of nitrogens with zero attached hydrogens (tertiary/aromatic N) is 3. The molecule has 1 aromatic rings. The number of hydrogen-bond acceptors (Lipinski definition) is 6. The number of sulfone groups is 1. The normalized spacial score (nSPS) is 26.8. The van der Waals surface area contributed by atoms with Gasteiger partial charge in [-0.25, -0.2) is 18.4 Å². The SMILES string of the molecule is C[C@H]1COCCN1c1cc(C2(S(=O)(=O)C3CC3)CCCC2)nc(Cl)n1. The summed E-state index contributed by atoms with van der Waals surface area (Å²) < 4.78 is 31.1. The lowest BCUT2D eigenvalue weighted by molar-refractivity contribution is 0.0985. The predicted molar refractivity (Wildman–Crippen MR) is 96.8 cm³/mol. The molecule has 138 valence electrons. The number of halogens is 1. The lowest BCUT2D eigenvalue weighted by Crippen LogP contribution is -2.44. The van der Waals surface area contributed by atoms with Crippen molar-refractivity contribution < 1.29 is 13.2 Å². The molecule has 1 aliphatic heterocycles. The van der Waals surface area contributed by atoms with Gasteiger partial charge in [0.15, 0.2) is 9.84 Å². The number of hydrogen-bond donors (Lipinski definition) is 0. The molecule has 1 aromatic heterocycles. The van der Waals surface area contributed by atoms with Crippen molar-refractivity contribution in [2.75, 3.05) is 24.7 Å². The molecular weight excluding hydrogens is 362 g/mol. The lowest BCUT2D eigenvalue weighted by Gasteiger charge is -2.35. The molecule has 2 aliphatic carbocycles. The van der Waals surface area contributed by atoms with Gasteiger partial charge in [0.1, 0.15) is 10.6 Å². The second kappa shape index (κ2) is 6.35. The number of morpholine rings is 1. The molecule has 2 saturated carbocycles. The number of rotatable bonds is 4. The van der Waals surface area contributed by atoms with Crippen molar-refractivity contribution >= 4 is 27.3 Å². The molecule has 0 radical (unpaired) electrons. The van der Waals surface area contributed by atoms with Gasteiger partial charge in [0, 0.05) is 12.6 Å². The van der Waals surface area contributed by atoms with Gasteiger partial charge in [-0.3, -0.25) is 0 Å². The van der Waals surface area contributed by atoms with E-state index < -0.39 is 14.6 Å². The Kier molecular flexibility index (Phi) is 4.45. The van der Waals surface area contributed by atoms with Crippen molar-refractivity contribution in [3.63, 3.8) is 0 Å². The van der Waals surface area contributed by atoms with Crippen LogP contribution < -0.4 is 4.90 Å². The molecule has 8 heteroatoms. The Bertz CT molecular complexity index is 760. The van der Waals surface area contributed by atoms with Gasteiger partial charge in [0.05, 0.1) is 30.2 Å². The molecule has 1 atom stereocenters. The summed E-state index contributed by atoms with van der Waals surface area (Å²) in [5, 5.41) is -0.0754. The van der Waals surface area contributed by atoms with E-state index in [-0.39, 0.29) is 16.6 Å². The highest BCUT2D eigenvalue weighted by Gasteiger charge is 2.55. The highest BCUT2D eigenvalue weighted by Crippen LogP contribution is 2.51. The first-order valence-corrected chi connectivity index (χ1v) is 11.0. The number of aromatic nitrogens is 2. The van der Waals surface area contributed by atoms with E-state index in [1.54, 1.807) is 0 Å². The van der Waals surface area contributed by atoms with Crippen LogP contribution in [0, 0.1) is 0 Å². The quantitative estimate of drug-likeness (QED) is 0.742. The topological polar surface area (TPSA) is 72.4 Å². The summed E-state index contributed by atoms with van der Waals surface area (Å²) in [5.74, 6) is 0.711. The summed E-state index contributed by atoms with van der Waals surface area (Å²) in [6, 6.07) is 2.03. The highest BCUT2D eigenvalue weighted by molar-refractivity contribution is 7.93. The van der Waals surface area contributed by atoms with E-state index in [0.29, 0.717) is 37.6 Å². The molecule has 0 unspecified atom stereocenters. The first-order valence-electron chi connectivity index (χ1n) is 9.07. The third kappa shape index (κ3) is 2.94. The predicted octanol–water partition coefficient (Wildman–Crippen LogP) is 2.70. The van der Waals surface area contributed by atoms with Crippen molar-refractivity contribution in [1.82, 2.24) is 9.97 Å². The van der Waals surface area contributed by atoms with E-state index in [9.17, 15) is 8.42 Å². The molecule has 2 heterocycles. The fourth-order valence-electron chi connectivity index (χ4n) is 4.18. The molecule has 0 amide bonds. The molecule has 0 bridgehead atoms. The third-order valence-electron chi connectivity index (χ3n) is 5.73. The van der Waals surface area contributed by atoms with Gasteiger partial charge in [-0.05, 0) is 44.2 Å². The van der Waals surface area contributed by atoms with E-state index in [1.165, 1.54) is 0 Å². The van der Waals surface area contributed by atoms with Crippen LogP contribution in [0.15, 0.2) is 6.07 Å². The zero-order valence-corrected chi connectivity index (χ0v) is 16.0. The van der Waals surface area contributed by atoms with E-state index in [2.05, 4.69) is 21.8 Å². The van der Waals surface area contributed by atoms with Crippen molar-refractivity contribution in [1.29, 1.82) is 0 Å². The van der Waals surface area contributed by atoms with Gasteiger partial charge in [-0.15, -0.1) is 0 Å². The lowest BCUT2D eigenvalue weighted by atomic mass is 10.0. The Morgan fingerprint density at radius 3 is 2.64 bits per heavy atom. The Labute approximate surface area is 153 Å². The van der Waals surface area contributed by atoms with Gasteiger partial charge in [-0.2, -0.15) is 0 Å². The Morgan fingerprint density at radius 2 is 2.00 bits per heavy atom. The second-order valence-electron chi connectivity index (χ2n) is 7.44. The molecule has 0 spiro atoms. The smallest absolute Gasteiger partial charge is 0.224 e. The van der Waals surface area contributed by atoms with E-state index in [4.69, 9.17) is 16.3 Å². The minimum absolute atomic E-state index is 0.128. The van der Waals surface area contributed by atoms with Gasteiger partial charge in [-0.1, -0.05) is 12.8 Å². The highest BCUT2D eigenvalue weighted by atomic mass is 35.5. The van der Waals surface area contributed by atoms with Gasteiger partial charge in [0.25, 0.3) is 0 Å². The molecule has 3 fully saturated rings. The van der Waals surface area contributed by atoms with Gasteiger partial charge < -0.3 is 9.64 Å². The van der Waals surface area contributed by atoms with Gasteiger partial charge in [0.2, 0.25) is 5.28 Å². The number of anilines is 1. The van der Waals surface area contributed by atoms with Crippen LogP contribution in [0.5, 0.6) is 0 Å². The molecule has 0 N–H and O–H groups in total. The van der Waals surface area contributed by atoms with Crippen LogP contribution in [-0.2, 0) is 19.3 Å². The standard InChI is InChI=1S/C17H24ClN3O3S/c1-12-11-24-9-8-21(12)15-10-14(19-16(18)20-15)17(6-2-3-7-17)25(22,23)13-4-5-13/h10,12-13H,2-9,11H2,1H3/t12-/m0/s1. The fraction of sp³-hybridized carbons (Fsp3) is 0.765. The summed E-state index contributed by atoms with van der Waals surface area (Å²) in [5.41, 5.74) is 0.589. The Hall–Kier alpha value is -0.920. The first kappa shape index (κ1) is 17.5. The second-order valence-corrected chi connectivity index (χ2v) is 10.3. The number of ether oxygens (including phenoxy) is 1. The molecule has 4 rings (SSSR count). The zero-order valence-electron chi connectivity index (χ0n) is 14.4. The van der Waals surface area contributed by atoms with E-state index >= 15 is 0 Å². The van der Waals surface area contributed by atoms with Crippen LogP contribution in [0.2, 0.25) is 5.28 Å². The van der Waals surface area contributed by atoms with Gasteiger partial charge >= 0.3 is 0 Å². The van der Waals surface area contributed by atoms with E-state index in [0.717, 1.165) is 32.2 Å². The maximum absolute atomic E-state index is 13.2. The molecule has 3 aliphatic rings. The molecule has 25 heavy (non-hydrogen) atoms. The molecule has 6 nitrogen and oxygen atoms in total. The average Bonchev–Trinajstić information content (AvgIpc) is 3.32. The molecule has 1 saturated heterocycles. The van der Waals surface area contributed by atoms with Crippen LogP contribution in [0.4, 0.5) is 5.82 Å². The third-order valence-corrected chi connectivity index (χ3v) is 8.96. The van der Waals surface area contributed by atoms with Crippen LogP contribution in [0.3, 0.4) is 0 Å². The van der Waals surface area contributed by atoms with Crippen LogP contribution in [0.1, 0.15) is 51.1 Å². The van der Waals surface area contributed by atoms with Crippen molar-refractivity contribution in [2.45, 2.75) is 61.5 Å².